The molecule has 146 valence electrons. The highest BCUT2D eigenvalue weighted by Crippen LogP contribution is 2.16. The number of benzene rings is 1. The molecule has 7 heteroatoms. The molecule has 1 aliphatic heterocycles. The van der Waals surface area contributed by atoms with Gasteiger partial charge < -0.3 is 20.3 Å². The summed E-state index contributed by atoms with van der Waals surface area (Å²) in [5.74, 6) is 6.48. The number of ether oxygens (including phenoxy) is 1. The predicted octanol–water partition coefficient (Wildman–Crippen LogP) is 2.27. The number of carbonyl (C=O) groups is 2. The van der Waals surface area contributed by atoms with Gasteiger partial charge in [-0.15, -0.1) is 0 Å². The van der Waals surface area contributed by atoms with Crippen molar-refractivity contribution in [3.63, 3.8) is 0 Å². The summed E-state index contributed by atoms with van der Waals surface area (Å²) in [6, 6.07) is 7.54. The lowest BCUT2D eigenvalue weighted by molar-refractivity contribution is -0.123. The van der Waals surface area contributed by atoms with E-state index in [1.54, 1.807) is 0 Å². The zero-order chi connectivity index (χ0) is 19.5. The summed E-state index contributed by atoms with van der Waals surface area (Å²) in [5.41, 5.74) is 0.979. The number of alkyl carbamates (subject to hydrolysis) is 1. The SMILES string of the molecule is CNC(=O)COC(=O)NCC1CCN(CCC#Cc2ccc(Cl)cc2)CC1. The van der Waals surface area contributed by atoms with E-state index < -0.39 is 6.09 Å². The maximum atomic E-state index is 11.5. The largest absolute Gasteiger partial charge is 0.439 e. The van der Waals surface area contributed by atoms with E-state index in [2.05, 4.69) is 27.4 Å². The quantitative estimate of drug-likeness (QED) is 0.730. The number of carbonyl (C=O) groups excluding carboxylic acids is 2. The Morgan fingerprint density at radius 1 is 1.26 bits per heavy atom. The maximum Gasteiger partial charge on any atom is 0.407 e. The van der Waals surface area contributed by atoms with Crippen molar-refractivity contribution < 1.29 is 14.3 Å². The van der Waals surface area contributed by atoms with E-state index in [-0.39, 0.29) is 12.5 Å². The van der Waals surface area contributed by atoms with Crippen LogP contribution in [-0.2, 0) is 9.53 Å². The van der Waals surface area contributed by atoms with Crippen molar-refractivity contribution in [2.45, 2.75) is 19.3 Å². The molecule has 0 spiro atoms. The van der Waals surface area contributed by atoms with E-state index >= 15 is 0 Å². The lowest BCUT2D eigenvalue weighted by Gasteiger charge is -2.31. The molecule has 1 fully saturated rings. The highest BCUT2D eigenvalue weighted by Gasteiger charge is 2.19. The average molecular weight is 392 g/mol. The number of rotatable bonds is 6. The van der Waals surface area contributed by atoms with Crippen molar-refractivity contribution in [2.24, 2.45) is 5.92 Å². The van der Waals surface area contributed by atoms with Gasteiger partial charge in [-0.1, -0.05) is 23.4 Å². The minimum absolute atomic E-state index is 0.252. The molecular formula is C20H26ClN3O3. The van der Waals surface area contributed by atoms with Crippen LogP contribution in [0.2, 0.25) is 5.02 Å². The topological polar surface area (TPSA) is 70.7 Å². The van der Waals surface area contributed by atoms with Crippen molar-refractivity contribution in [1.82, 2.24) is 15.5 Å². The number of hydrogen-bond acceptors (Lipinski definition) is 4. The molecule has 0 aliphatic carbocycles. The first-order valence-corrected chi connectivity index (χ1v) is 9.52. The zero-order valence-electron chi connectivity index (χ0n) is 15.6. The third kappa shape index (κ3) is 8.33. The zero-order valence-corrected chi connectivity index (χ0v) is 16.3. The van der Waals surface area contributed by atoms with E-state index in [1.807, 2.05) is 24.3 Å². The Kier molecular flexibility index (Phi) is 8.96. The van der Waals surface area contributed by atoms with Gasteiger partial charge in [0.15, 0.2) is 6.61 Å². The first-order valence-electron chi connectivity index (χ1n) is 9.15. The molecule has 1 saturated heterocycles. The summed E-state index contributed by atoms with van der Waals surface area (Å²) in [5, 5.41) is 5.85. The van der Waals surface area contributed by atoms with Gasteiger partial charge in [0.1, 0.15) is 0 Å². The molecule has 1 aromatic rings. The summed E-state index contributed by atoms with van der Waals surface area (Å²) in [6.07, 6.45) is 2.34. The number of halogens is 1. The van der Waals surface area contributed by atoms with Crippen molar-refractivity contribution >= 4 is 23.6 Å². The van der Waals surface area contributed by atoms with Crippen LogP contribution in [0.4, 0.5) is 4.79 Å². The smallest absolute Gasteiger partial charge is 0.407 e. The van der Waals surface area contributed by atoms with E-state index in [0.717, 1.165) is 49.5 Å². The number of piperidine rings is 1. The van der Waals surface area contributed by atoms with Crippen molar-refractivity contribution in [2.75, 3.05) is 39.8 Å². The number of likely N-dealkylation sites (tertiary alicyclic amines) is 1. The van der Waals surface area contributed by atoms with E-state index in [1.165, 1.54) is 7.05 Å². The Bertz CT molecular complexity index is 674. The highest BCUT2D eigenvalue weighted by atomic mass is 35.5. The van der Waals surface area contributed by atoms with E-state index in [0.29, 0.717) is 12.5 Å². The molecule has 2 amide bonds. The Labute approximate surface area is 165 Å². The fourth-order valence-corrected chi connectivity index (χ4v) is 2.93. The highest BCUT2D eigenvalue weighted by molar-refractivity contribution is 6.30. The summed E-state index contributed by atoms with van der Waals surface area (Å²) in [4.78, 5) is 25.0. The number of nitrogens with one attached hydrogen (secondary N) is 2. The van der Waals surface area contributed by atoms with Crippen LogP contribution in [0.25, 0.3) is 0 Å². The molecule has 0 saturated carbocycles. The molecular weight excluding hydrogens is 366 g/mol. The lowest BCUT2D eigenvalue weighted by atomic mass is 9.97. The van der Waals surface area contributed by atoms with Crippen LogP contribution in [0.3, 0.4) is 0 Å². The summed E-state index contributed by atoms with van der Waals surface area (Å²) in [7, 11) is 1.50. The van der Waals surface area contributed by atoms with Crippen LogP contribution in [0.1, 0.15) is 24.8 Å². The summed E-state index contributed by atoms with van der Waals surface area (Å²) >= 11 is 5.86. The van der Waals surface area contributed by atoms with Crippen LogP contribution >= 0.6 is 11.6 Å². The second kappa shape index (κ2) is 11.5. The maximum absolute atomic E-state index is 11.5. The minimum Gasteiger partial charge on any atom is -0.439 e. The van der Waals surface area contributed by atoms with Crippen molar-refractivity contribution in [3.8, 4) is 11.8 Å². The Balaban J connectivity index is 1.58. The minimum atomic E-state index is -0.543. The monoisotopic (exact) mass is 391 g/mol. The molecule has 0 radical (unpaired) electrons. The number of likely N-dealkylation sites (N-methyl/N-ethyl adjacent to an activating group) is 1. The van der Waals surface area contributed by atoms with E-state index in [4.69, 9.17) is 16.3 Å². The van der Waals surface area contributed by atoms with Gasteiger partial charge in [-0.3, -0.25) is 4.79 Å². The Morgan fingerprint density at radius 2 is 1.96 bits per heavy atom. The van der Waals surface area contributed by atoms with Crippen LogP contribution in [-0.4, -0.2) is 56.7 Å². The fraction of sp³-hybridized carbons (Fsp3) is 0.500. The number of amides is 2. The van der Waals surface area contributed by atoms with Crippen LogP contribution in [0.5, 0.6) is 0 Å². The van der Waals surface area contributed by atoms with Crippen molar-refractivity contribution in [1.29, 1.82) is 0 Å². The standard InChI is InChI=1S/C20H26ClN3O3/c1-22-19(25)15-27-20(26)23-14-17-9-12-24(13-10-17)11-3-2-4-16-5-7-18(21)8-6-16/h5-8,17H,3,9-15H2,1H3,(H,22,25)(H,23,26). The molecule has 0 unspecified atom stereocenters. The second-order valence-corrected chi connectivity index (χ2v) is 6.91. The normalized spacial score (nSPS) is 14.7. The van der Waals surface area contributed by atoms with Gasteiger partial charge in [0, 0.05) is 37.1 Å². The van der Waals surface area contributed by atoms with Gasteiger partial charge in [0.2, 0.25) is 0 Å². The fourth-order valence-electron chi connectivity index (χ4n) is 2.81. The average Bonchev–Trinajstić information content (AvgIpc) is 2.70. The summed E-state index contributed by atoms with van der Waals surface area (Å²) < 4.78 is 4.82. The second-order valence-electron chi connectivity index (χ2n) is 6.47. The Hall–Kier alpha value is -2.23. The molecule has 0 bridgehead atoms. The number of nitrogens with zero attached hydrogens (tertiary/aromatic N) is 1. The van der Waals surface area contributed by atoms with Crippen LogP contribution in [0.15, 0.2) is 24.3 Å². The number of hydrogen-bond donors (Lipinski definition) is 2. The van der Waals surface area contributed by atoms with Gasteiger partial charge in [-0.25, -0.2) is 4.79 Å². The van der Waals surface area contributed by atoms with Gasteiger partial charge in [0.05, 0.1) is 0 Å². The summed E-state index contributed by atoms with van der Waals surface area (Å²) in [6.45, 7) is 3.29. The molecule has 2 N–H and O–H groups in total. The van der Waals surface area contributed by atoms with Crippen LogP contribution < -0.4 is 10.6 Å². The molecule has 0 aromatic heterocycles. The molecule has 2 rings (SSSR count). The molecule has 1 aliphatic rings. The first-order chi connectivity index (χ1) is 13.1. The van der Waals surface area contributed by atoms with E-state index in [9.17, 15) is 9.59 Å². The molecule has 6 nitrogen and oxygen atoms in total. The third-order valence-corrected chi connectivity index (χ3v) is 4.74. The van der Waals surface area contributed by atoms with Gasteiger partial charge in [-0.05, 0) is 56.1 Å². The molecule has 1 heterocycles. The van der Waals surface area contributed by atoms with Crippen LogP contribution in [0, 0.1) is 17.8 Å². The molecule has 0 atom stereocenters. The van der Waals surface area contributed by atoms with Crippen molar-refractivity contribution in [3.05, 3.63) is 34.9 Å². The molecule has 1 aromatic carbocycles. The lowest BCUT2D eigenvalue weighted by Crippen LogP contribution is -2.39. The predicted molar refractivity (Wildman–Crippen MR) is 106 cm³/mol. The first kappa shape index (κ1) is 21.1. The Morgan fingerprint density at radius 3 is 2.63 bits per heavy atom. The van der Waals surface area contributed by atoms with Gasteiger partial charge in [0.25, 0.3) is 5.91 Å². The third-order valence-electron chi connectivity index (χ3n) is 4.49. The van der Waals surface area contributed by atoms with Gasteiger partial charge >= 0.3 is 6.09 Å². The molecule has 27 heavy (non-hydrogen) atoms. The van der Waals surface area contributed by atoms with Gasteiger partial charge in [-0.2, -0.15) is 0 Å².